The molecule has 0 aliphatic carbocycles. The number of fused-ring (bicyclic) bond motifs is 1. The smallest absolute Gasteiger partial charge is 0.417 e. The molecule has 2 aliphatic rings. The molecule has 150 valence electrons. The number of rotatable bonds is 3. The molecule has 0 unspecified atom stereocenters. The molecule has 9 heteroatoms. The molecule has 0 N–H and O–H groups in total. The topological polar surface area (TPSA) is 62.5 Å². The Morgan fingerprint density at radius 1 is 1.14 bits per heavy atom. The molecule has 2 aliphatic heterocycles. The Bertz CT molecular complexity index is 844. The Kier molecular flexibility index (Phi) is 5.09. The number of benzene rings is 1. The van der Waals surface area contributed by atoms with Gasteiger partial charge in [-0.25, -0.2) is 0 Å². The van der Waals surface area contributed by atoms with E-state index in [0.717, 1.165) is 18.5 Å². The molecule has 6 nitrogen and oxygen atoms in total. The lowest BCUT2D eigenvalue weighted by Crippen LogP contribution is -2.45. The van der Waals surface area contributed by atoms with E-state index in [0.29, 0.717) is 39.0 Å². The molecule has 2 aromatic rings. The first-order valence-electron chi connectivity index (χ1n) is 9.43. The fourth-order valence-electron chi connectivity index (χ4n) is 3.92. The van der Waals surface area contributed by atoms with Crippen LogP contribution < -0.4 is 4.90 Å². The number of aryl methyl sites for hydroxylation is 1. The summed E-state index contributed by atoms with van der Waals surface area (Å²) in [5, 5.41) is 6.66. The van der Waals surface area contributed by atoms with E-state index in [4.69, 9.17) is 4.42 Å². The van der Waals surface area contributed by atoms with Gasteiger partial charge in [0.05, 0.1) is 6.54 Å². The van der Waals surface area contributed by atoms with Crippen molar-refractivity contribution in [3.8, 4) is 0 Å². The van der Waals surface area contributed by atoms with Crippen molar-refractivity contribution in [1.82, 2.24) is 15.1 Å². The summed E-state index contributed by atoms with van der Waals surface area (Å²) in [4.78, 5) is 16.7. The predicted octanol–water partition coefficient (Wildman–Crippen LogP) is 3.25. The quantitative estimate of drug-likeness (QED) is 0.800. The molecule has 1 fully saturated rings. The third-order valence-corrected chi connectivity index (χ3v) is 5.39. The van der Waals surface area contributed by atoms with Gasteiger partial charge in [0.1, 0.15) is 0 Å². The van der Waals surface area contributed by atoms with Gasteiger partial charge in [-0.15, -0.1) is 10.2 Å². The maximum absolute atomic E-state index is 12.8. The van der Waals surface area contributed by atoms with Crippen molar-refractivity contribution < 1.29 is 22.4 Å². The van der Waals surface area contributed by atoms with E-state index >= 15 is 0 Å². The number of aromatic nitrogens is 2. The van der Waals surface area contributed by atoms with Crippen LogP contribution in [0.3, 0.4) is 0 Å². The number of halogens is 3. The fourth-order valence-corrected chi connectivity index (χ4v) is 3.92. The summed E-state index contributed by atoms with van der Waals surface area (Å²) in [6.45, 7) is 2.23. The zero-order valence-electron chi connectivity index (χ0n) is 15.3. The molecule has 1 saturated heterocycles. The van der Waals surface area contributed by atoms with Crippen LogP contribution in [-0.4, -0.2) is 47.2 Å². The SMILES string of the molecule is O=C(CN1CCC(c2nnc(C(F)(F)F)o2)CC1)N1CCCc2ccccc21. The van der Waals surface area contributed by atoms with E-state index in [1.165, 1.54) is 5.56 Å². The maximum atomic E-state index is 12.8. The third kappa shape index (κ3) is 3.89. The minimum absolute atomic E-state index is 0.0308. The number of alkyl halides is 3. The Morgan fingerprint density at radius 3 is 2.61 bits per heavy atom. The lowest BCUT2D eigenvalue weighted by atomic mass is 9.96. The summed E-state index contributed by atoms with van der Waals surface area (Å²) in [7, 11) is 0. The van der Waals surface area contributed by atoms with Gasteiger partial charge in [0.15, 0.2) is 0 Å². The zero-order chi connectivity index (χ0) is 19.7. The number of para-hydroxylation sites is 1. The first-order chi connectivity index (χ1) is 13.4. The Balaban J connectivity index is 1.34. The number of nitrogens with zero attached hydrogens (tertiary/aromatic N) is 4. The second-order valence-corrected chi connectivity index (χ2v) is 7.27. The van der Waals surface area contributed by atoms with Crippen LogP contribution in [0.2, 0.25) is 0 Å². The van der Waals surface area contributed by atoms with Gasteiger partial charge in [-0.2, -0.15) is 13.2 Å². The van der Waals surface area contributed by atoms with Crippen molar-refractivity contribution in [2.24, 2.45) is 0 Å². The van der Waals surface area contributed by atoms with Gasteiger partial charge in [-0.3, -0.25) is 9.69 Å². The van der Waals surface area contributed by atoms with Gasteiger partial charge in [-0.1, -0.05) is 18.2 Å². The number of hydrogen-bond donors (Lipinski definition) is 0. The molecule has 1 aromatic carbocycles. The number of anilines is 1. The van der Waals surface area contributed by atoms with E-state index in [9.17, 15) is 18.0 Å². The highest BCUT2D eigenvalue weighted by atomic mass is 19.4. The number of carbonyl (C=O) groups is 1. The van der Waals surface area contributed by atoms with Gasteiger partial charge in [0, 0.05) is 18.2 Å². The normalized spacial score (nSPS) is 18.9. The molecule has 3 heterocycles. The summed E-state index contributed by atoms with van der Waals surface area (Å²) in [5.74, 6) is -1.42. The van der Waals surface area contributed by atoms with Crippen LogP contribution >= 0.6 is 0 Å². The van der Waals surface area contributed by atoms with Crippen LogP contribution in [0.1, 0.15) is 42.5 Å². The van der Waals surface area contributed by atoms with Crippen molar-refractivity contribution in [1.29, 1.82) is 0 Å². The lowest BCUT2D eigenvalue weighted by Gasteiger charge is -2.34. The Morgan fingerprint density at radius 2 is 1.89 bits per heavy atom. The first-order valence-corrected chi connectivity index (χ1v) is 9.43. The molecule has 28 heavy (non-hydrogen) atoms. The monoisotopic (exact) mass is 394 g/mol. The molecule has 0 spiro atoms. The van der Waals surface area contributed by atoms with E-state index in [-0.39, 0.29) is 17.7 Å². The molecule has 1 amide bonds. The largest absolute Gasteiger partial charge is 0.470 e. The van der Waals surface area contributed by atoms with Crippen LogP contribution in [-0.2, 0) is 17.4 Å². The molecular formula is C19H21F3N4O2. The molecule has 4 rings (SSSR count). The van der Waals surface area contributed by atoms with Crippen LogP contribution in [0.4, 0.5) is 18.9 Å². The summed E-state index contributed by atoms with van der Waals surface area (Å²) < 4.78 is 42.6. The number of piperidine rings is 1. The predicted molar refractivity (Wildman–Crippen MR) is 94.8 cm³/mol. The van der Waals surface area contributed by atoms with E-state index in [2.05, 4.69) is 16.3 Å². The highest BCUT2D eigenvalue weighted by Crippen LogP contribution is 2.33. The molecular weight excluding hydrogens is 373 g/mol. The second kappa shape index (κ2) is 7.54. The summed E-state index contributed by atoms with van der Waals surface area (Å²) >= 11 is 0. The fraction of sp³-hybridized carbons (Fsp3) is 0.526. The maximum Gasteiger partial charge on any atom is 0.470 e. The van der Waals surface area contributed by atoms with E-state index in [1.807, 2.05) is 28.0 Å². The van der Waals surface area contributed by atoms with E-state index < -0.39 is 12.1 Å². The number of hydrogen-bond acceptors (Lipinski definition) is 5. The summed E-state index contributed by atoms with van der Waals surface area (Å²) in [6, 6.07) is 7.96. The first kappa shape index (κ1) is 18.9. The summed E-state index contributed by atoms with van der Waals surface area (Å²) in [5.41, 5.74) is 2.18. The van der Waals surface area contributed by atoms with Crippen LogP contribution in [0.15, 0.2) is 28.7 Å². The van der Waals surface area contributed by atoms with Crippen molar-refractivity contribution in [2.75, 3.05) is 31.1 Å². The molecule has 0 saturated carbocycles. The van der Waals surface area contributed by atoms with Crippen LogP contribution in [0.5, 0.6) is 0 Å². The van der Waals surface area contributed by atoms with Crippen LogP contribution in [0, 0.1) is 0 Å². The zero-order valence-corrected chi connectivity index (χ0v) is 15.3. The lowest BCUT2D eigenvalue weighted by molar-refractivity contribution is -0.157. The van der Waals surface area contributed by atoms with Gasteiger partial charge in [0.2, 0.25) is 11.8 Å². The molecule has 0 atom stereocenters. The van der Waals surface area contributed by atoms with Gasteiger partial charge < -0.3 is 9.32 Å². The number of carbonyl (C=O) groups excluding carboxylic acids is 1. The van der Waals surface area contributed by atoms with Crippen molar-refractivity contribution in [2.45, 2.75) is 37.8 Å². The minimum atomic E-state index is -4.62. The third-order valence-electron chi connectivity index (χ3n) is 5.39. The van der Waals surface area contributed by atoms with Gasteiger partial charge >= 0.3 is 12.1 Å². The Hall–Kier alpha value is -2.42. The van der Waals surface area contributed by atoms with E-state index in [1.54, 1.807) is 0 Å². The average Bonchev–Trinajstić information content (AvgIpc) is 3.19. The highest BCUT2D eigenvalue weighted by molar-refractivity contribution is 5.95. The second-order valence-electron chi connectivity index (χ2n) is 7.27. The summed E-state index contributed by atoms with van der Waals surface area (Å²) in [6.07, 6.45) is -1.52. The van der Waals surface area contributed by atoms with Gasteiger partial charge in [-0.05, 0) is 50.4 Å². The molecule has 0 bridgehead atoms. The highest BCUT2D eigenvalue weighted by Gasteiger charge is 2.39. The van der Waals surface area contributed by atoms with Crippen molar-refractivity contribution in [3.63, 3.8) is 0 Å². The number of likely N-dealkylation sites (tertiary alicyclic amines) is 1. The molecule has 0 radical (unpaired) electrons. The standard InChI is InChI=1S/C19H21F3N4O2/c20-19(21,22)18-24-23-17(28-18)14-7-10-25(11-8-14)12-16(27)26-9-3-5-13-4-1-2-6-15(13)26/h1-2,4,6,14H,3,5,7-12H2. The van der Waals surface area contributed by atoms with Crippen molar-refractivity contribution >= 4 is 11.6 Å². The van der Waals surface area contributed by atoms with Crippen LogP contribution in [0.25, 0.3) is 0 Å². The molecule has 1 aromatic heterocycles. The Labute approximate surface area is 160 Å². The average molecular weight is 394 g/mol. The minimum Gasteiger partial charge on any atom is -0.417 e. The number of amides is 1. The van der Waals surface area contributed by atoms with Gasteiger partial charge in [0.25, 0.3) is 0 Å². The van der Waals surface area contributed by atoms with Crippen molar-refractivity contribution in [3.05, 3.63) is 41.6 Å².